The molecular weight excluding hydrogens is 282 g/mol. The molecule has 0 aliphatic rings. The second kappa shape index (κ2) is 5.59. The fourth-order valence-corrected chi connectivity index (χ4v) is 4.36. The van der Waals surface area contributed by atoms with Crippen LogP contribution in [0.4, 0.5) is 0 Å². The van der Waals surface area contributed by atoms with Crippen LogP contribution in [0.25, 0.3) is 21.5 Å². The Bertz CT molecular complexity index is 882. The van der Waals surface area contributed by atoms with Crippen molar-refractivity contribution >= 4 is 47.5 Å². The van der Waals surface area contributed by atoms with Crippen molar-refractivity contribution < 1.29 is 0 Å². The van der Waals surface area contributed by atoms with Gasteiger partial charge in [-0.2, -0.15) is 0 Å². The lowest BCUT2D eigenvalue weighted by Crippen LogP contribution is -2.11. The average Bonchev–Trinajstić information content (AvgIpc) is 2.60. The highest BCUT2D eigenvalue weighted by Crippen LogP contribution is 2.30. The maximum atomic E-state index is 6.60. The third kappa shape index (κ3) is 2.43. The molecule has 0 unspecified atom stereocenters. The third-order valence-corrected chi connectivity index (χ3v) is 5.99. The molecule has 4 aromatic rings. The van der Waals surface area contributed by atoms with E-state index in [4.69, 9.17) is 7.57 Å². The molecule has 0 aliphatic carbocycles. The first kappa shape index (κ1) is 13.6. The predicted octanol–water partition coefficient (Wildman–Crippen LogP) is 4.24. The van der Waals surface area contributed by atoms with E-state index >= 15 is 0 Å². The summed E-state index contributed by atoms with van der Waals surface area (Å²) in [4.78, 5) is 0. The summed E-state index contributed by atoms with van der Waals surface area (Å²) in [7, 11) is 5.37. The van der Waals surface area contributed by atoms with Gasteiger partial charge in [-0.25, -0.2) is 0 Å². The Morgan fingerprint density at radius 2 is 0.909 bits per heavy atom. The van der Waals surface area contributed by atoms with Gasteiger partial charge in [0.25, 0.3) is 0 Å². The molecule has 0 bridgehead atoms. The summed E-state index contributed by atoms with van der Waals surface area (Å²) >= 11 is 0. The lowest BCUT2D eigenvalue weighted by molar-refractivity contribution is 1.77. The standard InChI is InChI=1S/C20H15BP/c21-22(19-11-9-15-5-1-3-7-17(15)13-19)20-12-10-16-6-2-4-8-18(16)14-20/h1-14,22H/q+1. The second-order valence-corrected chi connectivity index (χ2v) is 7.52. The predicted molar refractivity (Wildman–Crippen MR) is 101 cm³/mol. The fourth-order valence-electron chi connectivity index (χ4n) is 2.88. The van der Waals surface area contributed by atoms with Crippen molar-refractivity contribution in [3.05, 3.63) is 84.9 Å². The van der Waals surface area contributed by atoms with Gasteiger partial charge >= 0.3 is 7.57 Å². The van der Waals surface area contributed by atoms with Crippen molar-refractivity contribution in [2.75, 3.05) is 0 Å². The zero-order chi connectivity index (χ0) is 14.9. The number of hydrogen-bond donors (Lipinski definition) is 0. The Morgan fingerprint density at radius 3 is 1.36 bits per heavy atom. The topological polar surface area (TPSA) is 0 Å². The van der Waals surface area contributed by atoms with Gasteiger partial charge in [-0.05, 0) is 45.8 Å². The van der Waals surface area contributed by atoms with E-state index < -0.39 is 7.80 Å². The van der Waals surface area contributed by atoms with Crippen molar-refractivity contribution in [1.29, 1.82) is 0 Å². The van der Waals surface area contributed by atoms with E-state index in [1.165, 1.54) is 32.2 Å². The molecule has 0 atom stereocenters. The Morgan fingerprint density at radius 1 is 0.500 bits per heavy atom. The van der Waals surface area contributed by atoms with Gasteiger partial charge in [-0.3, -0.25) is 0 Å². The third-order valence-electron chi connectivity index (χ3n) is 4.12. The molecule has 0 heterocycles. The normalized spacial score (nSPS) is 11.3. The van der Waals surface area contributed by atoms with Crippen molar-refractivity contribution in [3.8, 4) is 0 Å². The highest BCUT2D eigenvalue weighted by molar-refractivity contribution is 7.94. The van der Waals surface area contributed by atoms with Gasteiger partial charge in [0.2, 0.25) is 0 Å². The van der Waals surface area contributed by atoms with Gasteiger partial charge < -0.3 is 0 Å². The number of benzene rings is 4. The summed E-state index contributed by atoms with van der Waals surface area (Å²) in [6.07, 6.45) is 0. The van der Waals surface area contributed by atoms with Gasteiger partial charge in [-0.1, -0.05) is 60.7 Å². The van der Waals surface area contributed by atoms with Crippen LogP contribution in [0.15, 0.2) is 84.9 Å². The minimum absolute atomic E-state index is 1.23. The molecule has 4 rings (SSSR count). The first-order valence-corrected chi connectivity index (χ1v) is 9.00. The van der Waals surface area contributed by atoms with Crippen LogP contribution in [0.1, 0.15) is 0 Å². The van der Waals surface area contributed by atoms with Crippen LogP contribution in [0.3, 0.4) is 0 Å². The van der Waals surface area contributed by atoms with Gasteiger partial charge in [0.05, 0.1) is 10.6 Å². The van der Waals surface area contributed by atoms with Gasteiger partial charge in [0.1, 0.15) is 0 Å². The molecular formula is C20H15BP+. The summed E-state index contributed by atoms with van der Waals surface area (Å²) in [5.74, 6) is 0. The highest BCUT2D eigenvalue weighted by atomic mass is 31.1. The van der Waals surface area contributed by atoms with Crippen LogP contribution >= 0.6 is 7.80 Å². The molecule has 2 radical (unpaired) electrons. The van der Waals surface area contributed by atoms with Crippen molar-refractivity contribution in [3.63, 3.8) is 0 Å². The molecule has 0 fully saturated rings. The van der Waals surface area contributed by atoms with Crippen LogP contribution in [-0.4, -0.2) is 7.57 Å². The van der Waals surface area contributed by atoms with E-state index in [1.807, 2.05) is 0 Å². The Labute approximate surface area is 132 Å². The zero-order valence-corrected chi connectivity index (χ0v) is 13.2. The molecule has 0 N–H and O–H groups in total. The zero-order valence-electron chi connectivity index (χ0n) is 12.2. The summed E-state index contributed by atoms with van der Waals surface area (Å²) in [5.41, 5.74) is 0. The molecule has 22 heavy (non-hydrogen) atoms. The summed E-state index contributed by atoms with van der Waals surface area (Å²) in [6, 6.07) is 30.0. The van der Waals surface area contributed by atoms with Crippen molar-refractivity contribution in [2.45, 2.75) is 0 Å². The maximum Gasteiger partial charge on any atom is 0.374 e. The first-order valence-electron chi connectivity index (χ1n) is 7.42. The second-order valence-electron chi connectivity index (χ2n) is 5.54. The molecule has 0 saturated heterocycles. The van der Waals surface area contributed by atoms with E-state index in [0.717, 1.165) is 0 Å². The highest BCUT2D eigenvalue weighted by Gasteiger charge is 2.17. The largest absolute Gasteiger partial charge is 0.374 e. The van der Waals surface area contributed by atoms with E-state index in [1.54, 1.807) is 0 Å². The van der Waals surface area contributed by atoms with E-state index in [2.05, 4.69) is 84.9 Å². The van der Waals surface area contributed by atoms with Crippen LogP contribution in [0, 0.1) is 0 Å². The van der Waals surface area contributed by atoms with Gasteiger partial charge in [0, 0.05) is 7.80 Å². The quantitative estimate of drug-likeness (QED) is 0.383. The maximum absolute atomic E-state index is 6.60. The van der Waals surface area contributed by atoms with E-state index in [9.17, 15) is 0 Å². The van der Waals surface area contributed by atoms with E-state index in [-0.39, 0.29) is 0 Å². The number of fused-ring (bicyclic) bond motifs is 2. The lowest BCUT2D eigenvalue weighted by Gasteiger charge is -2.08. The Hall–Kier alpha value is -2.11. The molecule has 0 aromatic heterocycles. The van der Waals surface area contributed by atoms with Crippen molar-refractivity contribution in [1.82, 2.24) is 0 Å². The summed E-state index contributed by atoms with van der Waals surface area (Å²) in [6.45, 7) is 0. The van der Waals surface area contributed by atoms with Gasteiger partial charge in [0.15, 0.2) is 0 Å². The summed E-state index contributed by atoms with van der Waals surface area (Å²) in [5, 5.41) is 7.54. The van der Waals surface area contributed by atoms with Gasteiger partial charge in [-0.15, -0.1) is 0 Å². The minimum atomic E-state index is -1.23. The molecule has 102 valence electrons. The number of hydrogen-bond acceptors (Lipinski definition) is 0. The lowest BCUT2D eigenvalue weighted by atomic mass is 10.1. The van der Waals surface area contributed by atoms with Crippen LogP contribution in [0.5, 0.6) is 0 Å². The Balaban J connectivity index is 1.78. The SMILES string of the molecule is [B][PH+](c1ccc2ccccc2c1)c1ccc2ccccc2c1. The van der Waals surface area contributed by atoms with Crippen LogP contribution < -0.4 is 10.6 Å². The monoisotopic (exact) mass is 297 g/mol. The molecule has 0 aliphatic heterocycles. The first-order chi connectivity index (χ1) is 10.8. The molecule has 0 nitrogen and oxygen atoms in total. The average molecular weight is 297 g/mol. The van der Waals surface area contributed by atoms with Crippen molar-refractivity contribution in [2.24, 2.45) is 0 Å². The molecule has 0 saturated carbocycles. The number of rotatable bonds is 2. The smallest absolute Gasteiger partial charge is 0.0616 e. The van der Waals surface area contributed by atoms with Crippen LogP contribution in [0.2, 0.25) is 0 Å². The fraction of sp³-hybridized carbons (Fsp3) is 0. The Kier molecular flexibility index (Phi) is 3.44. The molecule has 2 heteroatoms. The van der Waals surface area contributed by atoms with Crippen LogP contribution in [-0.2, 0) is 0 Å². The molecule has 0 amide bonds. The van der Waals surface area contributed by atoms with E-state index in [0.29, 0.717) is 0 Å². The molecule has 0 spiro atoms. The summed E-state index contributed by atoms with van der Waals surface area (Å²) < 4.78 is 0. The molecule has 4 aromatic carbocycles. The minimum Gasteiger partial charge on any atom is -0.0616 e.